The standard InChI is InChI=1S/C17H22BrN3O2/c1-11-7-13(4-5-15(11)18)21-10-12(8-16(21)22)17(23)20-6-2-3-14(20)9-19/h4-5,7,12,14H,2-3,6,8-10,19H2,1H3. The highest BCUT2D eigenvalue weighted by molar-refractivity contribution is 9.10. The Morgan fingerprint density at radius 3 is 2.91 bits per heavy atom. The molecule has 0 spiro atoms. The van der Waals surface area contributed by atoms with Gasteiger partial charge in [0.2, 0.25) is 11.8 Å². The number of carbonyl (C=O) groups is 2. The fourth-order valence-electron chi connectivity index (χ4n) is 3.52. The van der Waals surface area contributed by atoms with E-state index in [-0.39, 0.29) is 23.8 Å². The van der Waals surface area contributed by atoms with Gasteiger partial charge in [-0.05, 0) is 43.5 Å². The fourth-order valence-corrected chi connectivity index (χ4v) is 3.77. The van der Waals surface area contributed by atoms with E-state index < -0.39 is 0 Å². The number of benzene rings is 1. The predicted octanol–water partition coefficient (Wildman–Crippen LogP) is 2.06. The number of nitrogens with two attached hydrogens (primary N) is 1. The second-order valence-electron chi connectivity index (χ2n) is 6.40. The van der Waals surface area contributed by atoms with Gasteiger partial charge >= 0.3 is 0 Å². The van der Waals surface area contributed by atoms with Gasteiger partial charge in [-0.1, -0.05) is 15.9 Å². The summed E-state index contributed by atoms with van der Waals surface area (Å²) in [5.74, 6) is -0.144. The third kappa shape index (κ3) is 3.15. The van der Waals surface area contributed by atoms with Gasteiger partial charge < -0.3 is 15.5 Å². The lowest BCUT2D eigenvalue weighted by Gasteiger charge is -2.26. The zero-order valence-corrected chi connectivity index (χ0v) is 14.9. The summed E-state index contributed by atoms with van der Waals surface area (Å²) in [6.07, 6.45) is 2.27. The van der Waals surface area contributed by atoms with Crippen molar-refractivity contribution in [2.75, 3.05) is 24.5 Å². The van der Waals surface area contributed by atoms with E-state index in [9.17, 15) is 9.59 Å². The summed E-state index contributed by atoms with van der Waals surface area (Å²) in [6, 6.07) is 5.98. The lowest BCUT2D eigenvalue weighted by molar-refractivity contribution is -0.136. The molecule has 2 heterocycles. The topological polar surface area (TPSA) is 66.6 Å². The first-order valence-electron chi connectivity index (χ1n) is 8.08. The minimum absolute atomic E-state index is 0.0218. The van der Waals surface area contributed by atoms with Crippen LogP contribution in [0.3, 0.4) is 0 Å². The summed E-state index contributed by atoms with van der Waals surface area (Å²) >= 11 is 3.47. The van der Waals surface area contributed by atoms with Crippen molar-refractivity contribution in [2.45, 2.75) is 32.2 Å². The Labute approximate surface area is 144 Å². The number of nitrogens with zero attached hydrogens (tertiary/aromatic N) is 2. The van der Waals surface area contributed by atoms with Crippen LogP contribution in [0, 0.1) is 12.8 Å². The van der Waals surface area contributed by atoms with Crippen LogP contribution in [-0.4, -0.2) is 42.4 Å². The number of likely N-dealkylation sites (tertiary alicyclic amines) is 1. The van der Waals surface area contributed by atoms with Gasteiger partial charge in [0.15, 0.2) is 0 Å². The Kier molecular flexibility index (Phi) is 4.73. The van der Waals surface area contributed by atoms with Gasteiger partial charge in [0, 0.05) is 42.3 Å². The quantitative estimate of drug-likeness (QED) is 0.873. The molecule has 0 bridgehead atoms. The Morgan fingerprint density at radius 2 is 2.22 bits per heavy atom. The number of carbonyl (C=O) groups excluding carboxylic acids is 2. The molecule has 5 nitrogen and oxygen atoms in total. The second kappa shape index (κ2) is 6.61. The molecule has 2 saturated heterocycles. The molecule has 1 aromatic rings. The van der Waals surface area contributed by atoms with E-state index in [0.29, 0.717) is 19.5 Å². The minimum Gasteiger partial charge on any atom is -0.338 e. The average molecular weight is 380 g/mol. The number of rotatable bonds is 3. The molecule has 124 valence electrons. The van der Waals surface area contributed by atoms with E-state index in [1.165, 1.54) is 0 Å². The third-order valence-electron chi connectivity index (χ3n) is 4.86. The maximum absolute atomic E-state index is 12.7. The first-order chi connectivity index (χ1) is 11.0. The van der Waals surface area contributed by atoms with E-state index >= 15 is 0 Å². The molecule has 2 atom stereocenters. The summed E-state index contributed by atoms with van der Waals surface area (Å²) in [7, 11) is 0. The largest absolute Gasteiger partial charge is 0.338 e. The normalized spacial score (nSPS) is 24.6. The Balaban J connectivity index is 1.74. The van der Waals surface area contributed by atoms with Crippen LogP contribution in [0.1, 0.15) is 24.8 Å². The average Bonchev–Trinajstić information content (AvgIpc) is 3.15. The van der Waals surface area contributed by atoms with Crippen molar-refractivity contribution in [3.63, 3.8) is 0 Å². The molecule has 0 saturated carbocycles. The van der Waals surface area contributed by atoms with E-state index in [2.05, 4.69) is 15.9 Å². The zero-order chi connectivity index (χ0) is 16.6. The highest BCUT2D eigenvalue weighted by atomic mass is 79.9. The van der Waals surface area contributed by atoms with Crippen LogP contribution in [0.25, 0.3) is 0 Å². The Morgan fingerprint density at radius 1 is 1.43 bits per heavy atom. The molecule has 2 fully saturated rings. The number of hydrogen-bond donors (Lipinski definition) is 1. The molecule has 6 heteroatoms. The third-order valence-corrected chi connectivity index (χ3v) is 5.75. The summed E-state index contributed by atoms with van der Waals surface area (Å²) < 4.78 is 1.02. The van der Waals surface area contributed by atoms with Crippen LogP contribution in [0.2, 0.25) is 0 Å². The molecule has 23 heavy (non-hydrogen) atoms. The lowest BCUT2D eigenvalue weighted by Crippen LogP contribution is -2.43. The van der Waals surface area contributed by atoms with Crippen LogP contribution in [0.4, 0.5) is 5.69 Å². The number of halogens is 1. The minimum atomic E-state index is -0.251. The van der Waals surface area contributed by atoms with Gasteiger partial charge in [-0.15, -0.1) is 0 Å². The zero-order valence-electron chi connectivity index (χ0n) is 13.3. The maximum atomic E-state index is 12.7. The monoisotopic (exact) mass is 379 g/mol. The molecule has 3 rings (SSSR count). The van der Waals surface area contributed by atoms with Crippen molar-refractivity contribution in [1.29, 1.82) is 0 Å². The van der Waals surface area contributed by atoms with Gasteiger partial charge in [-0.2, -0.15) is 0 Å². The predicted molar refractivity (Wildman–Crippen MR) is 93.1 cm³/mol. The first kappa shape index (κ1) is 16.5. The van der Waals surface area contributed by atoms with Crippen LogP contribution >= 0.6 is 15.9 Å². The Bertz CT molecular complexity index is 634. The summed E-state index contributed by atoms with van der Waals surface area (Å²) in [6.45, 7) is 3.73. The fraction of sp³-hybridized carbons (Fsp3) is 0.529. The molecule has 1 aromatic carbocycles. The molecule has 2 amide bonds. The highest BCUT2D eigenvalue weighted by Gasteiger charge is 2.39. The smallest absolute Gasteiger partial charge is 0.228 e. The molecule has 2 aliphatic rings. The van der Waals surface area contributed by atoms with Gasteiger partial charge in [-0.25, -0.2) is 0 Å². The number of aryl methyl sites for hydroxylation is 1. The van der Waals surface area contributed by atoms with Crippen LogP contribution < -0.4 is 10.6 Å². The molecule has 0 aromatic heterocycles. The summed E-state index contributed by atoms with van der Waals surface area (Å²) in [5, 5.41) is 0. The van der Waals surface area contributed by atoms with Crippen molar-refractivity contribution in [3.05, 3.63) is 28.2 Å². The van der Waals surface area contributed by atoms with E-state index in [1.54, 1.807) is 4.90 Å². The van der Waals surface area contributed by atoms with Gasteiger partial charge in [0.25, 0.3) is 0 Å². The van der Waals surface area contributed by atoms with Crippen molar-refractivity contribution < 1.29 is 9.59 Å². The first-order valence-corrected chi connectivity index (χ1v) is 8.87. The number of amides is 2. The molecule has 0 radical (unpaired) electrons. The van der Waals surface area contributed by atoms with Crippen molar-refractivity contribution >= 4 is 33.4 Å². The van der Waals surface area contributed by atoms with E-state index in [4.69, 9.17) is 5.73 Å². The highest BCUT2D eigenvalue weighted by Crippen LogP contribution is 2.30. The maximum Gasteiger partial charge on any atom is 0.228 e. The van der Waals surface area contributed by atoms with Crippen molar-refractivity contribution in [3.8, 4) is 0 Å². The lowest BCUT2D eigenvalue weighted by atomic mass is 10.1. The Hall–Kier alpha value is -1.40. The van der Waals surface area contributed by atoms with E-state index in [1.807, 2.05) is 30.0 Å². The molecule has 0 aliphatic carbocycles. The van der Waals surface area contributed by atoms with Crippen molar-refractivity contribution in [2.24, 2.45) is 11.7 Å². The molecular weight excluding hydrogens is 358 g/mol. The summed E-state index contributed by atoms with van der Waals surface area (Å²) in [4.78, 5) is 28.7. The summed E-state index contributed by atoms with van der Waals surface area (Å²) in [5.41, 5.74) is 7.70. The molecule has 2 aliphatic heterocycles. The van der Waals surface area contributed by atoms with Crippen LogP contribution in [0.5, 0.6) is 0 Å². The van der Waals surface area contributed by atoms with Gasteiger partial charge in [-0.3, -0.25) is 9.59 Å². The van der Waals surface area contributed by atoms with Crippen LogP contribution in [0.15, 0.2) is 22.7 Å². The number of hydrogen-bond acceptors (Lipinski definition) is 3. The molecular formula is C17H22BrN3O2. The van der Waals surface area contributed by atoms with Crippen LogP contribution in [-0.2, 0) is 9.59 Å². The van der Waals surface area contributed by atoms with Crippen molar-refractivity contribution in [1.82, 2.24) is 4.90 Å². The van der Waals surface area contributed by atoms with Gasteiger partial charge in [0.05, 0.1) is 5.92 Å². The molecule has 2 unspecified atom stereocenters. The second-order valence-corrected chi connectivity index (χ2v) is 7.26. The van der Waals surface area contributed by atoms with Gasteiger partial charge in [0.1, 0.15) is 0 Å². The SMILES string of the molecule is Cc1cc(N2CC(C(=O)N3CCCC3CN)CC2=O)ccc1Br. The van der Waals surface area contributed by atoms with E-state index in [0.717, 1.165) is 35.1 Å². The number of anilines is 1. The molecule has 2 N–H and O–H groups in total.